The van der Waals surface area contributed by atoms with Crippen molar-refractivity contribution in [1.82, 2.24) is 9.97 Å². The molecule has 1 aromatic heterocycles. The lowest BCUT2D eigenvalue weighted by Gasteiger charge is -2.10. The molecule has 2 rings (SSSR count). The predicted octanol–water partition coefficient (Wildman–Crippen LogP) is 3.05. The van der Waals surface area contributed by atoms with Crippen LogP contribution in [0.5, 0.6) is 0 Å². The second-order valence-electron chi connectivity index (χ2n) is 3.51. The fourth-order valence-electron chi connectivity index (χ4n) is 1.36. The maximum Gasteiger partial charge on any atom is 0.223 e. The van der Waals surface area contributed by atoms with Crippen LogP contribution >= 0.6 is 34.8 Å². The SMILES string of the molecule is NNc1cc(Nc2cc(Cl)c(Cl)cc2Cl)nc(N)n1. The van der Waals surface area contributed by atoms with E-state index in [1.807, 2.05) is 0 Å². The monoisotopic (exact) mass is 318 g/mol. The second kappa shape index (κ2) is 5.66. The third-order valence-electron chi connectivity index (χ3n) is 2.16. The first-order chi connectivity index (χ1) is 8.99. The van der Waals surface area contributed by atoms with E-state index in [4.69, 9.17) is 46.4 Å². The zero-order chi connectivity index (χ0) is 14.0. The molecule has 0 aliphatic heterocycles. The number of halogens is 3. The highest BCUT2D eigenvalue weighted by molar-refractivity contribution is 6.44. The number of hydrazine groups is 1. The minimum absolute atomic E-state index is 0.0640. The Hall–Kier alpha value is -1.47. The molecular weight excluding hydrogens is 311 g/mol. The van der Waals surface area contributed by atoms with Crippen LogP contribution in [0.2, 0.25) is 15.1 Å². The molecule has 0 bridgehead atoms. The molecule has 0 spiro atoms. The van der Waals surface area contributed by atoms with Crippen molar-refractivity contribution < 1.29 is 0 Å². The zero-order valence-electron chi connectivity index (χ0n) is 9.42. The minimum Gasteiger partial charge on any atom is -0.368 e. The number of hydrogen-bond donors (Lipinski definition) is 4. The summed E-state index contributed by atoms with van der Waals surface area (Å²) in [5.74, 6) is 6.11. The van der Waals surface area contributed by atoms with E-state index in [0.717, 1.165) is 0 Å². The van der Waals surface area contributed by atoms with E-state index < -0.39 is 0 Å². The van der Waals surface area contributed by atoms with E-state index in [1.54, 1.807) is 12.1 Å². The number of aromatic nitrogens is 2. The molecule has 0 saturated carbocycles. The van der Waals surface area contributed by atoms with Crippen molar-refractivity contribution in [3.63, 3.8) is 0 Å². The molecule has 0 radical (unpaired) electrons. The smallest absolute Gasteiger partial charge is 0.223 e. The summed E-state index contributed by atoms with van der Waals surface area (Å²) in [6.45, 7) is 0. The van der Waals surface area contributed by atoms with Crippen LogP contribution in [-0.2, 0) is 0 Å². The van der Waals surface area contributed by atoms with Gasteiger partial charge in [-0.05, 0) is 12.1 Å². The van der Waals surface area contributed by atoms with E-state index in [1.165, 1.54) is 6.07 Å². The molecule has 0 unspecified atom stereocenters. The van der Waals surface area contributed by atoms with Crippen molar-refractivity contribution in [2.24, 2.45) is 5.84 Å². The minimum atomic E-state index is 0.0640. The third kappa shape index (κ3) is 3.30. The number of nitrogen functional groups attached to an aromatic ring is 2. The number of hydrogen-bond acceptors (Lipinski definition) is 6. The van der Waals surface area contributed by atoms with Crippen LogP contribution in [-0.4, -0.2) is 9.97 Å². The molecule has 0 fully saturated rings. The Bertz CT molecular complexity index is 618. The van der Waals surface area contributed by atoms with Crippen molar-refractivity contribution in [1.29, 1.82) is 0 Å². The molecule has 0 saturated heterocycles. The highest BCUT2D eigenvalue weighted by atomic mass is 35.5. The molecule has 6 nitrogen and oxygen atoms in total. The number of nitrogens with zero attached hydrogens (tertiary/aromatic N) is 2. The van der Waals surface area contributed by atoms with E-state index in [0.29, 0.717) is 32.4 Å². The Morgan fingerprint density at radius 1 is 0.895 bits per heavy atom. The normalized spacial score (nSPS) is 10.3. The van der Waals surface area contributed by atoms with Crippen LogP contribution in [0.3, 0.4) is 0 Å². The van der Waals surface area contributed by atoms with Gasteiger partial charge < -0.3 is 16.5 Å². The van der Waals surface area contributed by atoms with Crippen molar-refractivity contribution in [3.8, 4) is 0 Å². The Kier molecular flexibility index (Phi) is 4.16. The number of rotatable bonds is 3. The van der Waals surface area contributed by atoms with Crippen LogP contribution in [0.1, 0.15) is 0 Å². The first-order valence-corrected chi connectivity index (χ1v) is 6.15. The topological polar surface area (TPSA) is 102 Å². The van der Waals surface area contributed by atoms with Crippen LogP contribution in [0.15, 0.2) is 18.2 Å². The summed E-state index contributed by atoms with van der Waals surface area (Å²) in [4.78, 5) is 7.85. The Labute approximate surface area is 124 Å². The first kappa shape index (κ1) is 14.0. The highest BCUT2D eigenvalue weighted by Crippen LogP contribution is 2.33. The van der Waals surface area contributed by atoms with E-state index in [2.05, 4.69) is 20.7 Å². The summed E-state index contributed by atoms with van der Waals surface area (Å²) < 4.78 is 0. The van der Waals surface area contributed by atoms with E-state index in [9.17, 15) is 0 Å². The van der Waals surface area contributed by atoms with E-state index in [-0.39, 0.29) is 5.95 Å². The van der Waals surface area contributed by atoms with Crippen molar-refractivity contribution in [2.45, 2.75) is 0 Å². The van der Waals surface area contributed by atoms with Gasteiger partial charge in [0.15, 0.2) is 0 Å². The van der Waals surface area contributed by atoms with E-state index >= 15 is 0 Å². The summed E-state index contributed by atoms with van der Waals surface area (Å²) in [5, 5.41) is 4.08. The number of nitrogens with one attached hydrogen (secondary N) is 2. The summed E-state index contributed by atoms with van der Waals surface area (Å²) >= 11 is 17.8. The lowest BCUT2D eigenvalue weighted by atomic mass is 10.3. The summed E-state index contributed by atoms with van der Waals surface area (Å²) in [6.07, 6.45) is 0. The second-order valence-corrected chi connectivity index (χ2v) is 4.73. The molecule has 0 aliphatic carbocycles. The fourth-order valence-corrected chi connectivity index (χ4v) is 1.95. The van der Waals surface area contributed by atoms with Gasteiger partial charge in [-0.15, -0.1) is 0 Å². The molecule has 9 heteroatoms. The van der Waals surface area contributed by atoms with Gasteiger partial charge in [0.05, 0.1) is 20.8 Å². The van der Waals surface area contributed by atoms with Gasteiger partial charge >= 0.3 is 0 Å². The molecule has 6 N–H and O–H groups in total. The van der Waals surface area contributed by atoms with Crippen molar-refractivity contribution in [2.75, 3.05) is 16.5 Å². The molecule has 0 amide bonds. The van der Waals surface area contributed by atoms with Gasteiger partial charge in [0.25, 0.3) is 0 Å². The van der Waals surface area contributed by atoms with Crippen molar-refractivity contribution in [3.05, 3.63) is 33.3 Å². The quantitative estimate of drug-likeness (QED) is 0.394. The summed E-state index contributed by atoms with van der Waals surface area (Å²) in [6, 6.07) is 4.68. The van der Waals surface area contributed by atoms with Crippen LogP contribution in [0.4, 0.5) is 23.3 Å². The predicted molar refractivity (Wildman–Crippen MR) is 79.0 cm³/mol. The molecule has 0 aliphatic rings. The Morgan fingerprint density at radius 2 is 1.53 bits per heavy atom. The lowest BCUT2D eigenvalue weighted by Crippen LogP contribution is -2.11. The largest absolute Gasteiger partial charge is 0.368 e. The van der Waals surface area contributed by atoms with Gasteiger partial charge in [-0.3, -0.25) is 0 Å². The third-order valence-corrected chi connectivity index (χ3v) is 3.20. The maximum absolute atomic E-state index is 6.04. The van der Waals surface area contributed by atoms with Gasteiger partial charge in [-0.25, -0.2) is 5.84 Å². The molecule has 0 atom stereocenters. The summed E-state index contributed by atoms with van der Waals surface area (Å²) in [5.41, 5.74) is 8.46. The summed E-state index contributed by atoms with van der Waals surface area (Å²) in [7, 11) is 0. The molecular formula is C10H9Cl3N6. The van der Waals surface area contributed by atoms with Crippen LogP contribution < -0.4 is 22.3 Å². The maximum atomic E-state index is 6.04. The van der Waals surface area contributed by atoms with Gasteiger partial charge in [0.1, 0.15) is 11.6 Å². The number of nitrogens with two attached hydrogens (primary N) is 2. The van der Waals surface area contributed by atoms with Gasteiger partial charge in [-0.1, -0.05) is 34.8 Å². The average Bonchev–Trinajstić information content (AvgIpc) is 2.35. The molecule has 2 aromatic rings. The number of benzene rings is 1. The molecule has 1 heterocycles. The van der Waals surface area contributed by atoms with Gasteiger partial charge in [0.2, 0.25) is 5.95 Å². The zero-order valence-corrected chi connectivity index (χ0v) is 11.7. The average molecular weight is 320 g/mol. The van der Waals surface area contributed by atoms with Crippen molar-refractivity contribution >= 4 is 58.1 Å². The molecule has 1 aromatic carbocycles. The lowest BCUT2D eigenvalue weighted by molar-refractivity contribution is 1.15. The van der Waals surface area contributed by atoms with Gasteiger partial charge in [-0.2, -0.15) is 9.97 Å². The molecule has 100 valence electrons. The highest BCUT2D eigenvalue weighted by Gasteiger charge is 2.08. The fraction of sp³-hybridized carbons (Fsp3) is 0. The Balaban J connectivity index is 2.36. The van der Waals surface area contributed by atoms with Gasteiger partial charge in [0, 0.05) is 6.07 Å². The number of anilines is 4. The Morgan fingerprint density at radius 3 is 2.21 bits per heavy atom. The van der Waals surface area contributed by atoms with Crippen LogP contribution in [0.25, 0.3) is 0 Å². The standard InChI is InChI=1S/C10H9Cl3N6/c11-4-1-6(13)7(2-5(4)12)16-8-3-9(19-15)18-10(14)17-8/h1-3H,15H2,(H4,14,16,17,18,19). The molecule has 19 heavy (non-hydrogen) atoms. The van der Waals surface area contributed by atoms with Crippen LogP contribution in [0, 0.1) is 0 Å². The first-order valence-electron chi connectivity index (χ1n) is 5.02.